The summed E-state index contributed by atoms with van der Waals surface area (Å²) >= 11 is 0. The van der Waals surface area contributed by atoms with Crippen LogP contribution >= 0.6 is 0 Å². The number of hydrogen-bond donors (Lipinski definition) is 3. The van der Waals surface area contributed by atoms with Gasteiger partial charge in [0.15, 0.2) is 6.61 Å². The molecule has 0 spiro atoms. The molecule has 0 radical (unpaired) electrons. The van der Waals surface area contributed by atoms with E-state index in [1.54, 1.807) is 67.8 Å². The van der Waals surface area contributed by atoms with Crippen molar-refractivity contribution in [1.82, 2.24) is 5.32 Å². The first-order valence-corrected chi connectivity index (χ1v) is 10.2. The van der Waals surface area contributed by atoms with Gasteiger partial charge < -0.3 is 25.4 Å². The van der Waals surface area contributed by atoms with Gasteiger partial charge in [-0.15, -0.1) is 0 Å². The molecular weight excluding hydrogens is 422 g/mol. The monoisotopic (exact) mass is 447 g/mol. The van der Waals surface area contributed by atoms with E-state index in [4.69, 9.17) is 9.47 Å². The second-order valence-corrected chi connectivity index (χ2v) is 7.16. The maximum atomic E-state index is 12.4. The number of carbonyl (C=O) groups excluding carboxylic acids is 3. The molecule has 0 heterocycles. The lowest BCUT2D eigenvalue weighted by Crippen LogP contribution is -2.23. The van der Waals surface area contributed by atoms with Crippen molar-refractivity contribution in [3.63, 3.8) is 0 Å². The molecule has 170 valence electrons. The Hall–Kier alpha value is -4.33. The van der Waals surface area contributed by atoms with Gasteiger partial charge >= 0.3 is 0 Å². The summed E-state index contributed by atoms with van der Waals surface area (Å²) in [5.74, 6) is 0.392. The summed E-state index contributed by atoms with van der Waals surface area (Å²) in [6.07, 6.45) is 0. The molecular formula is C25H25N3O5. The van der Waals surface area contributed by atoms with Crippen molar-refractivity contribution in [2.24, 2.45) is 0 Å². The van der Waals surface area contributed by atoms with E-state index in [2.05, 4.69) is 16.0 Å². The van der Waals surface area contributed by atoms with Gasteiger partial charge in [-0.2, -0.15) is 0 Å². The third kappa shape index (κ3) is 7.39. The van der Waals surface area contributed by atoms with Crippen LogP contribution in [0.25, 0.3) is 0 Å². The number of anilines is 2. The lowest BCUT2D eigenvalue weighted by Gasteiger charge is -2.10. The van der Waals surface area contributed by atoms with Crippen molar-refractivity contribution in [3.8, 4) is 11.5 Å². The van der Waals surface area contributed by atoms with Crippen LogP contribution in [0.5, 0.6) is 11.5 Å². The standard InChI is InChI=1S/C25H25N3O5/c1-17(29)27-20-6-3-5-18(13-20)15-26-25(31)19-9-11-22(12-10-19)33-16-24(30)28-21-7-4-8-23(14-21)32-2/h3-14H,15-16H2,1-2H3,(H,26,31)(H,27,29)(H,28,30). The predicted molar refractivity (Wildman–Crippen MR) is 125 cm³/mol. The Bertz CT molecular complexity index is 1130. The van der Waals surface area contributed by atoms with Crippen LogP contribution in [0.1, 0.15) is 22.8 Å². The molecule has 0 bridgehead atoms. The number of methoxy groups -OCH3 is 1. The van der Waals surface area contributed by atoms with E-state index in [9.17, 15) is 14.4 Å². The molecule has 0 unspecified atom stereocenters. The van der Waals surface area contributed by atoms with E-state index in [1.165, 1.54) is 6.92 Å². The second kappa shape index (κ2) is 11.3. The summed E-state index contributed by atoms with van der Waals surface area (Å²) in [4.78, 5) is 35.7. The first-order chi connectivity index (χ1) is 15.9. The highest BCUT2D eigenvalue weighted by Gasteiger charge is 2.08. The minimum atomic E-state index is -0.313. The third-order valence-electron chi connectivity index (χ3n) is 4.54. The Kier molecular flexibility index (Phi) is 8.02. The molecule has 3 amide bonds. The van der Waals surface area contributed by atoms with Crippen LogP contribution in [0.3, 0.4) is 0 Å². The molecule has 3 aromatic carbocycles. The lowest BCUT2D eigenvalue weighted by atomic mass is 10.1. The van der Waals surface area contributed by atoms with Crippen molar-refractivity contribution in [1.29, 1.82) is 0 Å². The van der Waals surface area contributed by atoms with Gasteiger partial charge in [-0.25, -0.2) is 0 Å². The van der Waals surface area contributed by atoms with Crippen molar-refractivity contribution in [2.45, 2.75) is 13.5 Å². The van der Waals surface area contributed by atoms with E-state index < -0.39 is 0 Å². The van der Waals surface area contributed by atoms with Crippen molar-refractivity contribution >= 4 is 29.1 Å². The van der Waals surface area contributed by atoms with Crippen LogP contribution in [0, 0.1) is 0 Å². The Morgan fingerprint density at radius 3 is 2.21 bits per heavy atom. The number of rotatable bonds is 9. The number of hydrogen-bond acceptors (Lipinski definition) is 5. The van der Waals surface area contributed by atoms with Gasteiger partial charge in [-0.1, -0.05) is 18.2 Å². The molecule has 0 aromatic heterocycles. The molecule has 0 saturated carbocycles. The summed E-state index contributed by atoms with van der Waals surface area (Å²) in [5.41, 5.74) is 2.60. The average molecular weight is 447 g/mol. The van der Waals surface area contributed by atoms with Gasteiger partial charge in [-0.05, 0) is 54.1 Å². The van der Waals surface area contributed by atoms with Crippen molar-refractivity contribution in [2.75, 3.05) is 24.4 Å². The van der Waals surface area contributed by atoms with Gasteiger partial charge in [-0.3, -0.25) is 14.4 Å². The Labute approximate surface area is 191 Å². The minimum Gasteiger partial charge on any atom is -0.497 e. The maximum absolute atomic E-state index is 12.4. The molecule has 0 aliphatic heterocycles. The Balaban J connectivity index is 1.47. The molecule has 3 aromatic rings. The number of amides is 3. The topological polar surface area (TPSA) is 106 Å². The molecule has 3 N–H and O–H groups in total. The summed E-state index contributed by atoms with van der Waals surface area (Å²) < 4.78 is 10.6. The van der Waals surface area contributed by atoms with Crippen LogP contribution in [-0.2, 0) is 16.1 Å². The van der Waals surface area contributed by atoms with E-state index >= 15 is 0 Å². The summed E-state index contributed by atoms with van der Waals surface area (Å²) in [7, 11) is 1.56. The van der Waals surface area contributed by atoms with E-state index in [-0.39, 0.29) is 24.3 Å². The van der Waals surface area contributed by atoms with E-state index in [0.717, 1.165) is 5.56 Å². The van der Waals surface area contributed by atoms with Gasteiger partial charge in [0.1, 0.15) is 11.5 Å². The lowest BCUT2D eigenvalue weighted by molar-refractivity contribution is -0.118. The molecule has 3 rings (SSSR count). The SMILES string of the molecule is COc1cccc(NC(=O)COc2ccc(C(=O)NCc3cccc(NC(C)=O)c3)cc2)c1. The van der Waals surface area contributed by atoms with Gasteiger partial charge in [0, 0.05) is 36.5 Å². The zero-order valence-corrected chi connectivity index (χ0v) is 18.4. The number of benzene rings is 3. The quantitative estimate of drug-likeness (QED) is 0.465. The largest absolute Gasteiger partial charge is 0.497 e. The predicted octanol–water partition coefficient (Wildman–Crippen LogP) is 3.60. The van der Waals surface area contributed by atoms with Crippen LogP contribution in [-0.4, -0.2) is 31.4 Å². The minimum absolute atomic E-state index is 0.156. The van der Waals surface area contributed by atoms with Crippen LogP contribution in [0.2, 0.25) is 0 Å². The highest BCUT2D eigenvalue weighted by atomic mass is 16.5. The molecule has 0 aliphatic rings. The molecule has 0 atom stereocenters. The van der Waals surface area contributed by atoms with Crippen LogP contribution in [0.4, 0.5) is 11.4 Å². The van der Waals surface area contributed by atoms with Crippen LogP contribution < -0.4 is 25.4 Å². The third-order valence-corrected chi connectivity index (χ3v) is 4.54. The molecule has 0 saturated heterocycles. The first-order valence-electron chi connectivity index (χ1n) is 10.2. The normalized spacial score (nSPS) is 10.1. The fourth-order valence-corrected chi connectivity index (χ4v) is 3.00. The molecule has 0 aliphatic carbocycles. The molecule has 8 heteroatoms. The molecule has 33 heavy (non-hydrogen) atoms. The average Bonchev–Trinajstić information content (AvgIpc) is 2.81. The van der Waals surface area contributed by atoms with Crippen molar-refractivity contribution in [3.05, 3.63) is 83.9 Å². The smallest absolute Gasteiger partial charge is 0.262 e. The number of ether oxygens (including phenoxy) is 2. The molecule has 0 fully saturated rings. The van der Waals surface area contributed by atoms with Gasteiger partial charge in [0.2, 0.25) is 5.91 Å². The molecule has 8 nitrogen and oxygen atoms in total. The fraction of sp³-hybridized carbons (Fsp3) is 0.160. The second-order valence-electron chi connectivity index (χ2n) is 7.16. The van der Waals surface area contributed by atoms with Gasteiger partial charge in [0.25, 0.3) is 11.8 Å². The highest BCUT2D eigenvalue weighted by molar-refractivity contribution is 5.94. The highest BCUT2D eigenvalue weighted by Crippen LogP contribution is 2.17. The zero-order chi connectivity index (χ0) is 23.6. The van der Waals surface area contributed by atoms with Gasteiger partial charge in [0.05, 0.1) is 7.11 Å². The van der Waals surface area contributed by atoms with Crippen molar-refractivity contribution < 1.29 is 23.9 Å². The summed E-state index contributed by atoms with van der Waals surface area (Å²) in [5, 5.41) is 8.28. The fourth-order valence-electron chi connectivity index (χ4n) is 3.00. The van der Waals surface area contributed by atoms with E-state index in [0.29, 0.717) is 35.0 Å². The summed E-state index contributed by atoms with van der Waals surface area (Å²) in [6, 6.07) is 20.8. The Morgan fingerprint density at radius 1 is 0.818 bits per heavy atom. The van der Waals surface area contributed by atoms with Crippen LogP contribution in [0.15, 0.2) is 72.8 Å². The Morgan fingerprint density at radius 2 is 1.52 bits per heavy atom. The first kappa shape index (κ1) is 23.3. The number of carbonyl (C=O) groups is 3. The zero-order valence-electron chi connectivity index (χ0n) is 18.4. The summed E-state index contributed by atoms with van der Waals surface area (Å²) in [6.45, 7) is 1.58. The number of nitrogens with one attached hydrogen (secondary N) is 3. The maximum Gasteiger partial charge on any atom is 0.262 e. The van der Waals surface area contributed by atoms with E-state index in [1.807, 2.05) is 12.1 Å².